The minimum atomic E-state index is -5.17. The van der Waals surface area contributed by atoms with E-state index in [0.29, 0.717) is 11.3 Å². The Labute approximate surface area is 158 Å². The van der Waals surface area contributed by atoms with Crippen LogP contribution in [0.3, 0.4) is 0 Å². The highest BCUT2D eigenvalue weighted by atomic mass is 19.4. The molecule has 6 nitrogen and oxygen atoms in total. The van der Waals surface area contributed by atoms with Crippen LogP contribution in [0, 0.1) is 6.92 Å². The minimum absolute atomic E-state index is 0.0176. The molecule has 0 aliphatic carbocycles. The van der Waals surface area contributed by atoms with Crippen LogP contribution in [0.5, 0.6) is 11.5 Å². The lowest BCUT2D eigenvalue weighted by Crippen LogP contribution is -2.56. The van der Waals surface area contributed by atoms with Gasteiger partial charge < -0.3 is 14.9 Å². The van der Waals surface area contributed by atoms with Gasteiger partial charge in [-0.05, 0) is 30.7 Å². The fourth-order valence-electron chi connectivity index (χ4n) is 2.89. The first kappa shape index (κ1) is 19.7. The van der Waals surface area contributed by atoms with E-state index in [9.17, 15) is 28.2 Å². The maximum atomic E-state index is 13.7. The number of hydrogen-bond acceptors (Lipinski definition) is 5. The van der Waals surface area contributed by atoms with Crippen LogP contribution < -0.4 is 4.74 Å². The van der Waals surface area contributed by atoms with Gasteiger partial charge in [0.2, 0.25) is 0 Å². The molecule has 0 spiro atoms. The molecule has 0 saturated heterocycles. The minimum Gasteiger partial charge on any atom is -0.507 e. The summed E-state index contributed by atoms with van der Waals surface area (Å²) in [5.41, 5.74) is -3.50. The number of aliphatic hydroxyl groups is 1. The molecule has 0 bridgehead atoms. The number of alkyl halides is 3. The van der Waals surface area contributed by atoms with Crippen LogP contribution in [0.1, 0.15) is 27.9 Å². The van der Waals surface area contributed by atoms with Crippen LogP contribution in [0.2, 0.25) is 0 Å². The van der Waals surface area contributed by atoms with Crippen LogP contribution in [0.4, 0.5) is 13.2 Å². The maximum Gasteiger partial charge on any atom is 0.438 e. The lowest BCUT2D eigenvalue weighted by molar-refractivity contribution is -0.297. The highest BCUT2D eigenvalue weighted by Gasteiger charge is 2.63. The number of nitrogens with zero attached hydrogens (tertiary/aromatic N) is 2. The predicted octanol–water partition coefficient (Wildman–Crippen LogP) is 3.21. The van der Waals surface area contributed by atoms with Gasteiger partial charge in [0.25, 0.3) is 11.6 Å². The van der Waals surface area contributed by atoms with E-state index in [1.54, 1.807) is 12.1 Å². The van der Waals surface area contributed by atoms with Gasteiger partial charge in [0.05, 0.1) is 24.8 Å². The van der Waals surface area contributed by atoms with Gasteiger partial charge in [-0.1, -0.05) is 24.3 Å². The fourth-order valence-corrected chi connectivity index (χ4v) is 2.89. The number of carbonyl (C=O) groups is 1. The monoisotopic (exact) mass is 394 g/mol. The Morgan fingerprint density at radius 2 is 1.93 bits per heavy atom. The number of aromatic hydroxyl groups is 1. The van der Waals surface area contributed by atoms with Crippen molar-refractivity contribution in [3.8, 4) is 11.5 Å². The van der Waals surface area contributed by atoms with Crippen molar-refractivity contribution in [2.75, 3.05) is 7.11 Å². The average molecular weight is 394 g/mol. The first-order valence-corrected chi connectivity index (χ1v) is 8.22. The summed E-state index contributed by atoms with van der Waals surface area (Å²) in [5, 5.41) is 24.2. The summed E-state index contributed by atoms with van der Waals surface area (Å²) < 4.78 is 46.1. The Hall–Kier alpha value is -3.07. The highest BCUT2D eigenvalue weighted by molar-refractivity contribution is 6.06. The van der Waals surface area contributed by atoms with Crippen LogP contribution in [-0.4, -0.2) is 45.9 Å². The number of aryl methyl sites for hydroxylation is 1. The normalized spacial score (nSPS) is 19.5. The maximum absolute atomic E-state index is 13.7. The number of phenolic OH excluding ortho intramolecular Hbond substituents is 1. The second-order valence-corrected chi connectivity index (χ2v) is 6.36. The largest absolute Gasteiger partial charge is 0.507 e. The van der Waals surface area contributed by atoms with Gasteiger partial charge >= 0.3 is 6.18 Å². The van der Waals surface area contributed by atoms with Crippen molar-refractivity contribution in [3.63, 3.8) is 0 Å². The van der Waals surface area contributed by atoms with Crippen molar-refractivity contribution in [2.24, 2.45) is 5.10 Å². The summed E-state index contributed by atoms with van der Waals surface area (Å²) in [6.45, 7) is 1.50. The molecule has 1 heterocycles. The van der Waals surface area contributed by atoms with Gasteiger partial charge in [-0.15, -0.1) is 0 Å². The number of benzene rings is 2. The average Bonchev–Trinajstić information content (AvgIpc) is 3.02. The summed E-state index contributed by atoms with van der Waals surface area (Å²) >= 11 is 0. The lowest BCUT2D eigenvalue weighted by atomic mass is 10.00. The van der Waals surface area contributed by atoms with Crippen molar-refractivity contribution in [1.82, 2.24) is 5.01 Å². The van der Waals surface area contributed by atoms with Crippen LogP contribution >= 0.6 is 0 Å². The fraction of sp³-hybridized carbons (Fsp3) is 0.263. The molecule has 2 aromatic carbocycles. The topological polar surface area (TPSA) is 82.4 Å². The molecule has 148 valence electrons. The van der Waals surface area contributed by atoms with Crippen molar-refractivity contribution < 1.29 is 32.9 Å². The molecule has 1 amide bonds. The molecule has 0 radical (unpaired) electrons. The van der Waals surface area contributed by atoms with Crippen molar-refractivity contribution in [2.45, 2.75) is 25.2 Å². The second kappa shape index (κ2) is 6.83. The third kappa shape index (κ3) is 3.18. The van der Waals surface area contributed by atoms with Crippen LogP contribution in [0.25, 0.3) is 0 Å². The summed E-state index contributed by atoms with van der Waals surface area (Å²) in [7, 11) is 1.40. The zero-order valence-corrected chi connectivity index (χ0v) is 15.0. The van der Waals surface area contributed by atoms with E-state index in [2.05, 4.69) is 5.10 Å². The van der Waals surface area contributed by atoms with E-state index in [1.807, 2.05) is 0 Å². The SMILES string of the molecule is COc1cccc(C2=NN(C(=O)c3cccc(C)c3O)[C@](O)(C(F)(F)F)C2)c1. The zero-order valence-electron chi connectivity index (χ0n) is 15.0. The predicted molar refractivity (Wildman–Crippen MR) is 94.2 cm³/mol. The highest BCUT2D eigenvalue weighted by Crippen LogP contribution is 2.42. The number of amides is 1. The van der Waals surface area contributed by atoms with Gasteiger partial charge in [0.15, 0.2) is 0 Å². The third-order valence-electron chi connectivity index (χ3n) is 4.50. The summed E-state index contributed by atoms with van der Waals surface area (Å²) in [6, 6.07) is 10.2. The Morgan fingerprint density at radius 3 is 2.57 bits per heavy atom. The van der Waals surface area contributed by atoms with Gasteiger partial charge in [0, 0.05) is 5.56 Å². The van der Waals surface area contributed by atoms with E-state index < -0.39 is 35.5 Å². The van der Waals surface area contributed by atoms with Crippen LogP contribution in [0.15, 0.2) is 47.6 Å². The number of para-hydroxylation sites is 1. The Kier molecular flexibility index (Phi) is 4.80. The molecule has 1 aliphatic heterocycles. The molecule has 0 aromatic heterocycles. The number of carbonyl (C=O) groups excluding carboxylic acids is 1. The van der Waals surface area contributed by atoms with Crippen molar-refractivity contribution in [1.29, 1.82) is 0 Å². The molecule has 1 atom stereocenters. The molecule has 3 rings (SSSR count). The standard InChI is InChI=1S/C19H17F3N2O4/c1-11-5-3-8-14(16(11)25)17(26)24-18(27,19(20,21)22)10-15(23-24)12-6-4-7-13(9-12)28-2/h3-9,25,27H,10H2,1-2H3/t18-/m1/s1. The molecule has 28 heavy (non-hydrogen) atoms. The Morgan fingerprint density at radius 1 is 1.25 bits per heavy atom. The number of phenols is 1. The lowest BCUT2D eigenvalue weighted by Gasteiger charge is -2.32. The zero-order chi connectivity index (χ0) is 20.7. The Balaban J connectivity index is 2.10. The molecular formula is C19H17F3N2O4. The molecule has 0 fully saturated rings. The number of rotatable bonds is 3. The summed E-state index contributed by atoms with van der Waals surface area (Å²) in [5.74, 6) is -1.35. The molecule has 0 saturated carbocycles. The number of methoxy groups -OCH3 is 1. The summed E-state index contributed by atoms with van der Waals surface area (Å²) in [4.78, 5) is 12.8. The van der Waals surface area contributed by atoms with Gasteiger partial charge in [-0.3, -0.25) is 4.79 Å². The van der Waals surface area contributed by atoms with E-state index in [0.717, 1.165) is 0 Å². The van der Waals surface area contributed by atoms with Crippen molar-refractivity contribution in [3.05, 3.63) is 59.2 Å². The molecule has 2 aromatic rings. The molecule has 0 unspecified atom stereocenters. The van der Waals surface area contributed by atoms with Crippen molar-refractivity contribution >= 4 is 11.6 Å². The third-order valence-corrected chi connectivity index (χ3v) is 4.50. The number of ether oxygens (including phenoxy) is 1. The Bertz CT molecular complexity index is 958. The van der Waals surface area contributed by atoms with E-state index in [4.69, 9.17) is 4.74 Å². The number of hydrazone groups is 1. The van der Waals surface area contributed by atoms with Gasteiger partial charge in [-0.25, -0.2) is 0 Å². The first-order chi connectivity index (χ1) is 13.1. The molecule has 1 aliphatic rings. The van der Waals surface area contributed by atoms with Gasteiger partial charge in [-0.2, -0.15) is 23.3 Å². The number of halogens is 3. The van der Waals surface area contributed by atoms with Gasteiger partial charge in [0.1, 0.15) is 11.5 Å². The molecule has 2 N–H and O–H groups in total. The van der Waals surface area contributed by atoms with Crippen LogP contribution in [-0.2, 0) is 0 Å². The number of hydrogen-bond donors (Lipinski definition) is 2. The molecule has 9 heteroatoms. The molecular weight excluding hydrogens is 377 g/mol. The smallest absolute Gasteiger partial charge is 0.438 e. The second-order valence-electron chi connectivity index (χ2n) is 6.36. The quantitative estimate of drug-likeness (QED) is 0.838. The van der Waals surface area contributed by atoms with E-state index in [1.165, 1.54) is 44.4 Å². The van der Waals surface area contributed by atoms with E-state index >= 15 is 0 Å². The van der Waals surface area contributed by atoms with E-state index in [-0.39, 0.29) is 16.3 Å². The first-order valence-electron chi connectivity index (χ1n) is 8.22. The summed E-state index contributed by atoms with van der Waals surface area (Å²) in [6.07, 6.45) is -6.13.